The Morgan fingerprint density at radius 1 is 0.944 bits per heavy atom. The fraction of sp³-hybridized carbons (Fsp3) is 0.310. The van der Waals surface area contributed by atoms with Crippen molar-refractivity contribution in [3.63, 3.8) is 0 Å². The van der Waals surface area contributed by atoms with Crippen LogP contribution in [0.15, 0.2) is 78.9 Å². The van der Waals surface area contributed by atoms with Crippen LogP contribution in [0.5, 0.6) is 5.75 Å². The van der Waals surface area contributed by atoms with E-state index in [9.17, 15) is 14.0 Å². The molecule has 0 aliphatic heterocycles. The first-order valence-electron chi connectivity index (χ1n) is 12.2. The molecule has 1 fully saturated rings. The number of amides is 2. The number of hydrogen-bond acceptors (Lipinski definition) is 3. The van der Waals surface area contributed by atoms with Gasteiger partial charge in [0.25, 0.3) is 5.91 Å². The molecule has 1 aliphatic carbocycles. The maximum Gasteiger partial charge on any atom is 0.261 e. The fourth-order valence-corrected chi connectivity index (χ4v) is 4.59. The molecule has 1 unspecified atom stereocenters. The van der Waals surface area contributed by atoms with Crippen LogP contribution in [0, 0.1) is 5.82 Å². The van der Waals surface area contributed by atoms with Gasteiger partial charge in [0, 0.05) is 24.0 Å². The molecule has 7 heteroatoms. The van der Waals surface area contributed by atoms with Crippen LogP contribution in [-0.4, -0.2) is 35.4 Å². The molecule has 0 saturated heterocycles. The molecule has 0 bridgehead atoms. The van der Waals surface area contributed by atoms with E-state index in [0.29, 0.717) is 17.2 Å². The molecule has 3 aromatic rings. The van der Waals surface area contributed by atoms with Gasteiger partial charge in [0.15, 0.2) is 6.61 Å². The maximum absolute atomic E-state index is 13.6. The van der Waals surface area contributed by atoms with Gasteiger partial charge in [0.1, 0.15) is 17.6 Å². The van der Waals surface area contributed by atoms with Crippen molar-refractivity contribution in [3.8, 4) is 5.75 Å². The first kappa shape index (κ1) is 25.7. The van der Waals surface area contributed by atoms with Crippen LogP contribution in [-0.2, 0) is 22.6 Å². The van der Waals surface area contributed by atoms with Crippen molar-refractivity contribution in [1.82, 2.24) is 10.2 Å². The summed E-state index contributed by atoms with van der Waals surface area (Å²) >= 11 is 5.95. The second-order valence-corrected chi connectivity index (χ2v) is 9.52. The molecule has 4 rings (SSSR count). The Kier molecular flexibility index (Phi) is 8.95. The van der Waals surface area contributed by atoms with Crippen molar-refractivity contribution in [3.05, 3.63) is 101 Å². The molecule has 2 amide bonds. The summed E-state index contributed by atoms with van der Waals surface area (Å²) in [6.45, 7) is -0.0937. The van der Waals surface area contributed by atoms with Crippen LogP contribution in [0.2, 0.25) is 5.02 Å². The van der Waals surface area contributed by atoms with Crippen molar-refractivity contribution >= 4 is 23.4 Å². The lowest BCUT2D eigenvalue weighted by Gasteiger charge is -2.32. The van der Waals surface area contributed by atoms with Gasteiger partial charge in [0.05, 0.1) is 0 Å². The van der Waals surface area contributed by atoms with Crippen LogP contribution in [0.3, 0.4) is 0 Å². The monoisotopic (exact) mass is 508 g/mol. The highest BCUT2D eigenvalue weighted by Crippen LogP contribution is 2.21. The quantitative estimate of drug-likeness (QED) is 0.390. The van der Waals surface area contributed by atoms with Gasteiger partial charge in [0.2, 0.25) is 5.91 Å². The number of halogens is 2. The van der Waals surface area contributed by atoms with Gasteiger partial charge in [-0.2, -0.15) is 0 Å². The Hall–Kier alpha value is -3.38. The molecule has 188 valence electrons. The molecule has 0 radical (unpaired) electrons. The molecule has 36 heavy (non-hydrogen) atoms. The molecule has 1 saturated carbocycles. The number of nitrogens with zero attached hydrogens (tertiary/aromatic N) is 1. The van der Waals surface area contributed by atoms with Crippen LogP contribution in [0.25, 0.3) is 0 Å². The molecule has 0 aromatic heterocycles. The lowest BCUT2D eigenvalue weighted by atomic mass is 10.0. The van der Waals surface area contributed by atoms with Crippen molar-refractivity contribution in [2.45, 2.75) is 50.7 Å². The fourth-order valence-electron chi connectivity index (χ4n) is 4.47. The number of benzene rings is 3. The van der Waals surface area contributed by atoms with E-state index in [1.54, 1.807) is 41.3 Å². The van der Waals surface area contributed by atoms with Gasteiger partial charge in [-0.05, 0) is 60.4 Å². The zero-order valence-electron chi connectivity index (χ0n) is 20.0. The molecule has 1 aliphatic rings. The average molecular weight is 509 g/mol. The van der Waals surface area contributed by atoms with E-state index in [1.807, 2.05) is 30.3 Å². The van der Waals surface area contributed by atoms with Crippen molar-refractivity contribution in [2.24, 2.45) is 0 Å². The summed E-state index contributed by atoms with van der Waals surface area (Å²) in [5.74, 6) is -0.378. The van der Waals surface area contributed by atoms with Gasteiger partial charge in [-0.15, -0.1) is 0 Å². The van der Waals surface area contributed by atoms with Gasteiger partial charge in [-0.25, -0.2) is 4.39 Å². The Labute approximate surface area is 216 Å². The molecular weight excluding hydrogens is 479 g/mol. The molecule has 3 aromatic carbocycles. The minimum absolute atomic E-state index is 0.115. The number of ether oxygens (including phenoxy) is 1. The second-order valence-electron chi connectivity index (χ2n) is 9.09. The van der Waals surface area contributed by atoms with E-state index < -0.39 is 6.04 Å². The highest BCUT2D eigenvalue weighted by Gasteiger charge is 2.32. The van der Waals surface area contributed by atoms with Crippen molar-refractivity contribution in [1.29, 1.82) is 0 Å². The van der Waals surface area contributed by atoms with Crippen LogP contribution in [0.4, 0.5) is 4.39 Å². The topological polar surface area (TPSA) is 58.6 Å². The van der Waals surface area contributed by atoms with Crippen LogP contribution < -0.4 is 10.1 Å². The lowest BCUT2D eigenvalue weighted by molar-refractivity contribution is -0.143. The number of rotatable bonds is 10. The summed E-state index contributed by atoms with van der Waals surface area (Å²) in [7, 11) is 0. The average Bonchev–Trinajstić information content (AvgIpc) is 3.40. The predicted octanol–water partition coefficient (Wildman–Crippen LogP) is 5.56. The summed E-state index contributed by atoms with van der Waals surface area (Å²) in [4.78, 5) is 28.7. The summed E-state index contributed by atoms with van der Waals surface area (Å²) in [6.07, 6.45) is 4.40. The Morgan fingerprint density at radius 2 is 1.61 bits per heavy atom. The number of carbonyl (C=O) groups excluding carboxylic acids is 2. The maximum atomic E-state index is 13.6. The van der Waals surface area contributed by atoms with Crippen LogP contribution >= 0.6 is 11.6 Å². The summed E-state index contributed by atoms with van der Waals surface area (Å²) in [5.41, 5.74) is 1.67. The molecule has 1 N–H and O–H groups in total. The number of nitrogens with one attached hydrogen (secondary N) is 1. The SMILES string of the molecule is O=C(NC1CCCC1)C(Cc1ccccc1)N(Cc1ccc(F)cc1)C(=O)COc1ccc(Cl)cc1. The predicted molar refractivity (Wildman–Crippen MR) is 138 cm³/mol. The Balaban J connectivity index is 1.59. The molecular formula is C29H30ClFN2O3. The highest BCUT2D eigenvalue weighted by molar-refractivity contribution is 6.30. The minimum Gasteiger partial charge on any atom is -0.484 e. The highest BCUT2D eigenvalue weighted by atomic mass is 35.5. The lowest BCUT2D eigenvalue weighted by Crippen LogP contribution is -2.53. The third kappa shape index (κ3) is 7.31. The normalized spacial score (nSPS) is 14.3. The van der Waals surface area contributed by atoms with E-state index >= 15 is 0 Å². The second kappa shape index (κ2) is 12.5. The summed E-state index contributed by atoms with van der Waals surface area (Å²) < 4.78 is 19.3. The van der Waals surface area contributed by atoms with E-state index in [1.165, 1.54) is 12.1 Å². The van der Waals surface area contributed by atoms with Gasteiger partial charge in [-0.1, -0.05) is 66.9 Å². The van der Waals surface area contributed by atoms with Gasteiger partial charge in [-0.3, -0.25) is 9.59 Å². The van der Waals surface area contributed by atoms with Gasteiger partial charge >= 0.3 is 0 Å². The number of hydrogen-bond donors (Lipinski definition) is 1. The van der Waals surface area contributed by atoms with E-state index in [-0.39, 0.29) is 36.8 Å². The third-order valence-electron chi connectivity index (χ3n) is 6.41. The zero-order valence-corrected chi connectivity index (χ0v) is 20.8. The zero-order chi connectivity index (χ0) is 25.3. The summed E-state index contributed by atoms with van der Waals surface area (Å²) in [6, 6.07) is 21.7. The van der Waals surface area contributed by atoms with Crippen molar-refractivity contribution in [2.75, 3.05) is 6.61 Å². The smallest absolute Gasteiger partial charge is 0.261 e. The standard InChI is InChI=1S/C29H30ClFN2O3/c30-23-12-16-26(17-13-23)36-20-28(34)33(19-22-10-14-24(31)15-11-22)27(18-21-6-2-1-3-7-21)29(35)32-25-8-4-5-9-25/h1-3,6-7,10-17,25,27H,4-5,8-9,18-20H2,(H,32,35). The summed E-state index contributed by atoms with van der Waals surface area (Å²) in [5, 5.41) is 3.73. The van der Waals surface area contributed by atoms with E-state index in [2.05, 4.69) is 5.32 Å². The molecule has 0 spiro atoms. The van der Waals surface area contributed by atoms with Crippen molar-refractivity contribution < 1.29 is 18.7 Å². The Bertz CT molecular complexity index is 1130. The number of carbonyl (C=O) groups is 2. The largest absolute Gasteiger partial charge is 0.484 e. The minimum atomic E-state index is -0.751. The Morgan fingerprint density at radius 3 is 2.28 bits per heavy atom. The first-order valence-corrected chi connectivity index (χ1v) is 12.6. The third-order valence-corrected chi connectivity index (χ3v) is 6.67. The van der Waals surface area contributed by atoms with E-state index in [4.69, 9.17) is 16.3 Å². The molecule has 0 heterocycles. The first-order chi connectivity index (χ1) is 17.5. The molecule has 5 nitrogen and oxygen atoms in total. The van der Waals surface area contributed by atoms with Gasteiger partial charge < -0.3 is 15.0 Å². The molecule has 1 atom stereocenters. The van der Waals surface area contributed by atoms with Crippen LogP contribution in [0.1, 0.15) is 36.8 Å². The van der Waals surface area contributed by atoms with E-state index in [0.717, 1.165) is 36.8 Å².